The van der Waals surface area contributed by atoms with E-state index in [1.165, 1.54) is 0 Å². The van der Waals surface area contributed by atoms with Gasteiger partial charge in [0.05, 0.1) is 11.6 Å². The van der Waals surface area contributed by atoms with E-state index in [2.05, 4.69) is 11.1 Å². The number of rotatable bonds is 0. The van der Waals surface area contributed by atoms with Crippen molar-refractivity contribution in [1.82, 2.24) is 4.98 Å². The summed E-state index contributed by atoms with van der Waals surface area (Å²) in [6.07, 6.45) is 3.56. The van der Waals surface area contributed by atoms with Crippen LogP contribution in [0, 0.1) is 18.3 Å². The van der Waals surface area contributed by atoms with Crippen molar-refractivity contribution in [3.8, 4) is 6.07 Å². The summed E-state index contributed by atoms with van der Waals surface area (Å²) in [5.41, 5.74) is 1.77. The number of aromatic nitrogens is 1. The molecule has 2 aromatic rings. The number of hydrogen-bond donors (Lipinski definition) is 0. The van der Waals surface area contributed by atoms with Gasteiger partial charge in [-0.3, -0.25) is 4.98 Å². The van der Waals surface area contributed by atoms with Crippen molar-refractivity contribution in [1.29, 1.82) is 5.26 Å². The Bertz CT molecular complexity index is 490. The van der Waals surface area contributed by atoms with Crippen LogP contribution in [0.15, 0.2) is 30.6 Å². The molecule has 0 aliphatic heterocycles. The summed E-state index contributed by atoms with van der Waals surface area (Å²) in [4.78, 5) is 4.08. The van der Waals surface area contributed by atoms with Crippen LogP contribution in [0.1, 0.15) is 11.1 Å². The monoisotopic (exact) mass is 168 g/mol. The van der Waals surface area contributed by atoms with Gasteiger partial charge in [0, 0.05) is 23.2 Å². The van der Waals surface area contributed by atoms with E-state index in [4.69, 9.17) is 5.26 Å². The van der Waals surface area contributed by atoms with Gasteiger partial charge < -0.3 is 0 Å². The van der Waals surface area contributed by atoms with Crippen LogP contribution < -0.4 is 0 Å². The van der Waals surface area contributed by atoms with Crippen molar-refractivity contribution < 1.29 is 0 Å². The Kier molecular flexibility index (Phi) is 1.71. The van der Waals surface area contributed by atoms with Crippen molar-refractivity contribution in [2.75, 3.05) is 0 Å². The lowest BCUT2D eigenvalue weighted by Gasteiger charge is -2.01. The normalized spacial score (nSPS) is 9.85. The molecule has 1 aromatic heterocycles. The van der Waals surface area contributed by atoms with Crippen molar-refractivity contribution in [3.63, 3.8) is 0 Å². The maximum Gasteiger partial charge on any atom is 0.0998 e. The van der Waals surface area contributed by atoms with Crippen LogP contribution in [0.5, 0.6) is 0 Å². The Morgan fingerprint density at radius 2 is 2.15 bits per heavy atom. The minimum atomic E-state index is 0.720. The lowest BCUT2D eigenvalue weighted by molar-refractivity contribution is 1.30. The summed E-state index contributed by atoms with van der Waals surface area (Å²) >= 11 is 0. The van der Waals surface area contributed by atoms with E-state index in [0.29, 0.717) is 0 Å². The molecule has 0 atom stereocenters. The zero-order valence-electron chi connectivity index (χ0n) is 7.28. The van der Waals surface area contributed by atoms with Gasteiger partial charge in [0.2, 0.25) is 0 Å². The first-order valence-electron chi connectivity index (χ1n) is 4.06. The van der Waals surface area contributed by atoms with E-state index in [0.717, 1.165) is 21.9 Å². The van der Waals surface area contributed by atoms with Crippen LogP contribution in [0.2, 0.25) is 0 Å². The van der Waals surface area contributed by atoms with Crippen LogP contribution in [0.3, 0.4) is 0 Å². The van der Waals surface area contributed by atoms with Gasteiger partial charge in [-0.2, -0.15) is 5.26 Å². The second kappa shape index (κ2) is 2.87. The molecular weight excluding hydrogens is 160 g/mol. The van der Waals surface area contributed by atoms with Gasteiger partial charge in [0.1, 0.15) is 0 Å². The van der Waals surface area contributed by atoms with Gasteiger partial charge in [0.15, 0.2) is 0 Å². The Balaban J connectivity index is 2.97. The predicted octanol–water partition coefficient (Wildman–Crippen LogP) is 2.41. The fraction of sp³-hybridized carbons (Fsp3) is 0.0909. The molecule has 0 aliphatic carbocycles. The van der Waals surface area contributed by atoms with E-state index in [-0.39, 0.29) is 0 Å². The Morgan fingerprint density at radius 1 is 1.31 bits per heavy atom. The molecule has 0 saturated heterocycles. The van der Waals surface area contributed by atoms with E-state index in [1.807, 2.05) is 25.1 Å². The third kappa shape index (κ3) is 1.15. The van der Waals surface area contributed by atoms with E-state index in [9.17, 15) is 0 Å². The van der Waals surface area contributed by atoms with Gasteiger partial charge in [-0.25, -0.2) is 0 Å². The predicted molar refractivity (Wildman–Crippen MR) is 51.2 cm³/mol. The molecule has 0 bridgehead atoms. The zero-order valence-corrected chi connectivity index (χ0v) is 7.28. The molecule has 2 nitrogen and oxygen atoms in total. The van der Waals surface area contributed by atoms with Gasteiger partial charge in [-0.1, -0.05) is 12.1 Å². The SMILES string of the molecule is Cc1cncc2cccc(C#N)c12. The average Bonchev–Trinajstić information content (AvgIpc) is 2.17. The molecule has 1 heterocycles. The largest absolute Gasteiger partial charge is 0.264 e. The maximum absolute atomic E-state index is 8.89. The fourth-order valence-corrected chi connectivity index (χ4v) is 1.50. The third-order valence-corrected chi connectivity index (χ3v) is 2.09. The minimum Gasteiger partial charge on any atom is -0.264 e. The molecule has 1 aromatic carbocycles. The number of benzene rings is 1. The minimum absolute atomic E-state index is 0.720. The first kappa shape index (κ1) is 7.75. The number of fused-ring (bicyclic) bond motifs is 1. The highest BCUT2D eigenvalue weighted by Gasteiger charge is 2.01. The Hall–Kier alpha value is -1.88. The van der Waals surface area contributed by atoms with E-state index < -0.39 is 0 Å². The summed E-state index contributed by atoms with van der Waals surface area (Å²) < 4.78 is 0. The molecule has 0 N–H and O–H groups in total. The maximum atomic E-state index is 8.89. The Morgan fingerprint density at radius 3 is 2.92 bits per heavy atom. The van der Waals surface area contributed by atoms with Gasteiger partial charge in [-0.15, -0.1) is 0 Å². The second-order valence-electron chi connectivity index (χ2n) is 2.97. The van der Waals surface area contributed by atoms with Crippen molar-refractivity contribution in [3.05, 3.63) is 41.7 Å². The first-order chi connectivity index (χ1) is 6.33. The topological polar surface area (TPSA) is 36.7 Å². The van der Waals surface area contributed by atoms with E-state index in [1.54, 1.807) is 12.4 Å². The molecule has 0 aliphatic rings. The molecule has 62 valence electrons. The highest BCUT2D eigenvalue weighted by Crippen LogP contribution is 2.20. The molecule has 0 saturated carbocycles. The molecular formula is C11H8N2. The lowest BCUT2D eigenvalue weighted by Crippen LogP contribution is -1.85. The summed E-state index contributed by atoms with van der Waals surface area (Å²) in [7, 11) is 0. The Labute approximate surface area is 76.5 Å². The zero-order chi connectivity index (χ0) is 9.26. The molecule has 0 unspecified atom stereocenters. The number of nitrogens with zero attached hydrogens (tertiary/aromatic N) is 2. The summed E-state index contributed by atoms with van der Waals surface area (Å²) in [6.45, 7) is 1.97. The first-order valence-corrected chi connectivity index (χ1v) is 4.06. The highest BCUT2D eigenvalue weighted by molar-refractivity contribution is 5.89. The second-order valence-corrected chi connectivity index (χ2v) is 2.97. The van der Waals surface area contributed by atoms with Gasteiger partial charge in [0.25, 0.3) is 0 Å². The molecule has 0 amide bonds. The molecule has 13 heavy (non-hydrogen) atoms. The molecule has 2 rings (SSSR count). The lowest BCUT2D eigenvalue weighted by atomic mass is 10.0. The summed E-state index contributed by atoms with van der Waals surface area (Å²) in [6, 6.07) is 7.86. The summed E-state index contributed by atoms with van der Waals surface area (Å²) in [5.74, 6) is 0. The van der Waals surface area contributed by atoms with Gasteiger partial charge >= 0.3 is 0 Å². The quantitative estimate of drug-likeness (QED) is 0.605. The van der Waals surface area contributed by atoms with Crippen molar-refractivity contribution in [2.45, 2.75) is 6.92 Å². The van der Waals surface area contributed by atoms with Gasteiger partial charge in [-0.05, 0) is 18.6 Å². The molecule has 2 heteroatoms. The van der Waals surface area contributed by atoms with Crippen LogP contribution in [-0.4, -0.2) is 4.98 Å². The van der Waals surface area contributed by atoms with Crippen LogP contribution in [0.25, 0.3) is 10.8 Å². The smallest absolute Gasteiger partial charge is 0.0998 e. The molecule has 0 radical (unpaired) electrons. The third-order valence-electron chi connectivity index (χ3n) is 2.09. The van der Waals surface area contributed by atoms with Crippen LogP contribution in [0.4, 0.5) is 0 Å². The van der Waals surface area contributed by atoms with Crippen molar-refractivity contribution in [2.24, 2.45) is 0 Å². The van der Waals surface area contributed by atoms with Crippen LogP contribution in [-0.2, 0) is 0 Å². The molecule has 0 fully saturated rings. The number of hydrogen-bond acceptors (Lipinski definition) is 2. The summed E-state index contributed by atoms with van der Waals surface area (Å²) in [5, 5.41) is 10.9. The van der Waals surface area contributed by atoms with Crippen molar-refractivity contribution >= 4 is 10.8 Å². The fourth-order valence-electron chi connectivity index (χ4n) is 1.50. The number of nitriles is 1. The number of aryl methyl sites for hydroxylation is 1. The molecule has 0 spiro atoms. The average molecular weight is 168 g/mol. The number of pyridine rings is 1. The van der Waals surface area contributed by atoms with E-state index >= 15 is 0 Å². The standard InChI is InChI=1S/C11H8N2/c1-8-6-13-7-10-4-2-3-9(5-12)11(8)10/h2-4,6-7H,1H3. The highest BCUT2D eigenvalue weighted by atomic mass is 14.6. The van der Waals surface area contributed by atoms with Crippen LogP contribution >= 0.6 is 0 Å².